The van der Waals surface area contributed by atoms with E-state index in [9.17, 15) is 4.79 Å². The summed E-state index contributed by atoms with van der Waals surface area (Å²) in [6.45, 7) is 8.37. The molecule has 1 heterocycles. The van der Waals surface area contributed by atoms with Crippen LogP contribution < -0.4 is 5.73 Å². The van der Waals surface area contributed by atoms with E-state index >= 15 is 0 Å². The fourth-order valence-corrected chi connectivity index (χ4v) is 2.25. The van der Waals surface area contributed by atoms with Crippen LogP contribution in [0.5, 0.6) is 0 Å². The summed E-state index contributed by atoms with van der Waals surface area (Å²) in [5.74, 6) is 0.333. The van der Waals surface area contributed by atoms with Gasteiger partial charge in [-0.1, -0.05) is 18.7 Å². The Morgan fingerprint density at radius 2 is 1.75 bits per heavy atom. The predicted molar refractivity (Wildman–Crippen MR) is 98.0 cm³/mol. The van der Waals surface area contributed by atoms with Crippen molar-refractivity contribution in [1.29, 1.82) is 0 Å². The lowest BCUT2D eigenvalue weighted by atomic mass is 10.1. The first-order chi connectivity index (χ1) is 11.5. The third kappa shape index (κ3) is 4.52. The lowest BCUT2D eigenvalue weighted by Gasteiger charge is -2.19. The summed E-state index contributed by atoms with van der Waals surface area (Å²) in [5.41, 5.74) is 9.56. The zero-order valence-corrected chi connectivity index (χ0v) is 14.1. The van der Waals surface area contributed by atoms with Crippen LogP contribution in [0.3, 0.4) is 0 Å². The molecule has 2 rings (SSSR count). The topological polar surface area (TPSA) is 71.6 Å². The molecule has 0 aliphatic heterocycles. The summed E-state index contributed by atoms with van der Waals surface area (Å²) in [6.07, 6.45) is 3.52. The molecule has 0 aliphatic rings. The number of hydrogen-bond acceptors (Lipinski definition) is 3. The van der Waals surface area contributed by atoms with Crippen molar-refractivity contribution in [2.24, 2.45) is 10.7 Å². The van der Waals surface area contributed by atoms with Crippen LogP contribution in [0, 0.1) is 0 Å². The third-order valence-electron chi connectivity index (χ3n) is 3.70. The Morgan fingerprint density at radius 1 is 1.17 bits per heavy atom. The van der Waals surface area contributed by atoms with E-state index < -0.39 is 0 Å². The van der Waals surface area contributed by atoms with Crippen LogP contribution in [0.1, 0.15) is 13.8 Å². The number of pyridine rings is 1. The normalized spacial score (nSPS) is 11.2. The van der Waals surface area contributed by atoms with E-state index in [0.717, 1.165) is 16.8 Å². The highest BCUT2D eigenvalue weighted by Gasteiger charge is 2.10. The van der Waals surface area contributed by atoms with Gasteiger partial charge in [0.25, 0.3) is 0 Å². The van der Waals surface area contributed by atoms with Crippen LogP contribution in [0.4, 0.5) is 5.69 Å². The first-order valence-electron chi connectivity index (χ1n) is 7.79. The maximum atomic E-state index is 11.5. The number of benzene rings is 1. The van der Waals surface area contributed by atoms with Gasteiger partial charge in [0.2, 0.25) is 5.91 Å². The van der Waals surface area contributed by atoms with Crippen molar-refractivity contribution in [2.75, 3.05) is 13.1 Å². The molecule has 1 aromatic carbocycles. The highest BCUT2D eigenvalue weighted by molar-refractivity contribution is 5.98. The Morgan fingerprint density at radius 3 is 2.29 bits per heavy atom. The molecule has 0 spiro atoms. The number of aromatic nitrogens is 1. The average Bonchev–Trinajstić information content (AvgIpc) is 2.60. The second-order valence-electron chi connectivity index (χ2n) is 5.42. The maximum Gasteiger partial charge on any atom is 0.219 e. The van der Waals surface area contributed by atoms with Gasteiger partial charge in [0, 0.05) is 38.0 Å². The number of carbonyl (C=O) groups is 1. The van der Waals surface area contributed by atoms with Crippen LogP contribution in [-0.2, 0) is 4.79 Å². The van der Waals surface area contributed by atoms with E-state index in [4.69, 9.17) is 5.73 Å². The summed E-state index contributed by atoms with van der Waals surface area (Å²) in [4.78, 5) is 21.5. The van der Waals surface area contributed by atoms with Gasteiger partial charge in [0.15, 0.2) is 0 Å². The number of hydrogen-bond donors (Lipinski definition) is 1. The van der Waals surface area contributed by atoms with Crippen molar-refractivity contribution in [1.82, 2.24) is 9.88 Å². The molecule has 2 aromatic rings. The van der Waals surface area contributed by atoms with E-state index in [-0.39, 0.29) is 5.91 Å². The number of amides is 1. The first-order valence-corrected chi connectivity index (χ1v) is 7.79. The largest absolute Gasteiger partial charge is 0.383 e. The third-order valence-corrected chi connectivity index (χ3v) is 3.70. The molecule has 0 fully saturated rings. The molecule has 0 saturated heterocycles. The maximum absolute atomic E-state index is 11.5. The predicted octanol–water partition coefficient (Wildman–Crippen LogP) is 3.16. The number of nitrogens with two attached hydrogens (primary N) is 1. The molecule has 2 N–H and O–H groups in total. The van der Waals surface area contributed by atoms with Gasteiger partial charge in [-0.05, 0) is 42.3 Å². The standard InChI is InChI=1S/C19H22N4O/c1-4-23(15(3)24)13-14(2)19(20)22-18-7-5-16(6-8-18)17-9-11-21-12-10-17/h5-12H,2,4,13H2,1,3H3,(H2,20,22). The second-order valence-corrected chi connectivity index (χ2v) is 5.42. The Hall–Kier alpha value is -2.95. The highest BCUT2D eigenvalue weighted by Crippen LogP contribution is 2.22. The SMILES string of the molecule is C=C(CN(CC)C(C)=O)C(N)=Nc1ccc(-c2ccncc2)cc1. The van der Waals surface area contributed by atoms with Gasteiger partial charge in [0.05, 0.1) is 5.69 Å². The summed E-state index contributed by atoms with van der Waals surface area (Å²) in [6, 6.07) is 11.7. The van der Waals surface area contributed by atoms with Crippen molar-refractivity contribution in [2.45, 2.75) is 13.8 Å². The second kappa shape index (κ2) is 8.06. The Labute approximate surface area is 142 Å². The highest BCUT2D eigenvalue weighted by atomic mass is 16.2. The number of nitrogens with zero attached hydrogens (tertiary/aromatic N) is 3. The van der Waals surface area contributed by atoms with Gasteiger partial charge in [-0.25, -0.2) is 4.99 Å². The van der Waals surface area contributed by atoms with Gasteiger partial charge in [0.1, 0.15) is 5.84 Å². The lowest BCUT2D eigenvalue weighted by Crippen LogP contribution is -2.33. The van der Waals surface area contributed by atoms with E-state index in [1.54, 1.807) is 17.3 Å². The number of amidine groups is 1. The van der Waals surface area contributed by atoms with Crippen molar-refractivity contribution in [3.05, 3.63) is 60.9 Å². The zero-order chi connectivity index (χ0) is 17.5. The van der Waals surface area contributed by atoms with E-state index in [1.807, 2.05) is 43.3 Å². The molecular weight excluding hydrogens is 300 g/mol. The molecule has 0 aliphatic carbocycles. The van der Waals surface area contributed by atoms with Crippen LogP contribution in [0.2, 0.25) is 0 Å². The molecule has 0 saturated carbocycles. The van der Waals surface area contributed by atoms with Crippen molar-refractivity contribution in [3.8, 4) is 11.1 Å². The zero-order valence-electron chi connectivity index (χ0n) is 14.1. The molecule has 24 heavy (non-hydrogen) atoms. The number of aliphatic imine (C=N–C) groups is 1. The summed E-state index contributed by atoms with van der Waals surface area (Å²) in [5, 5.41) is 0. The molecule has 1 amide bonds. The summed E-state index contributed by atoms with van der Waals surface area (Å²) < 4.78 is 0. The van der Waals surface area contributed by atoms with E-state index in [0.29, 0.717) is 24.5 Å². The van der Waals surface area contributed by atoms with Crippen LogP contribution >= 0.6 is 0 Å². The first kappa shape index (κ1) is 17.4. The minimum atomic E-state index is -0.00634. The van der Waals surface area contributed by atoms with E-state index in [2.05, 4.69) is 16.6 Å². The Bertz CT molecular complexity index is 736. The molecule has 1 aromatic heterocycles. The van der Waals surface area contributed by atoms with Crippen molar-refractivity contribution < 1.29 is 4.79 Å². The van der Waals surface area contributed by atoms with Gasteiger partial charge in [-0.2, -0.15) is 0 Å². The molecule has 124 valence electrons. The molecule has 5 heteroatoms. The molecule has 5 nitrogen and oxygen atoms in total. The number of likely N-dealkylation sites (N-methyl/N-ethyl adjacent to an activating group) is 1. The number of carbonyl (C=O) groups excluding carboxylic acids is 1. The quantitative estimate of drug-likeness (QED) is 0.656. The Kier molecular flexibility index (Phi) is 5.84. The molecule has 0 atom stereocenters. The van der Waals surface area contributed by atoms with Gasteiger partial charge in [-0.15, -0.1) is 0 Å². The lowest BCUT2D eigenvalue weighted by molar-refractivity contribution is -0.128. The molecule has 0 bridgehead atoms. The smallest absolute Gasteiger partial charge is 0.219 e. The minimum Gasteiger partial charge on any atom is -0.383 e. The van der Waals surface area contributed by atoms with Gasteiger partial charge in [-0.3, -0.25) is 9.78 Å². The fraction of sp³-hybridized carbons (Fsp3) is 0.211. The fourth-order valence-electron chi connectivity index (χ4n) is 2.25. The number of rotatable bonds is 6. The molecule has 0 unspecified atom stereocenters. The molecular formula is C19H22N4O. The van der Waals surface area contributed by atoms with Gasteiger partial charge >= 0.3 is 0 Å². The minimum absolute atomic E-state index is 0.00634. The average molecular weight is 322 g/mol. The summed E-state index contributed by atoms with van der Waals surface area (Å²) >= 11 is 0. The van der Waals surface area contributed by atoms with Crippen molar-refractivity contribution >= 4 is 17.4 Å². The Balaban J connectivity index is 2.10. The van der Waals surface area contributed by atoms with Gasteiger partial charge < -0.3 is 10.6 Å². The van der Waals surface area contributed by atoms with Crippen LogP contribution in [-0.4, -0.2) is 34.7 Å². The van der Waals surface area contributed by atoms with E-state index in [1.165, 1.54) is 6.92 Å². The monoisotopic (exact) mass is 322 g/mol. The molecule has 0 radical (unpaired) electrons. The van der Waals surface area contributed by atoms with Crippen LogP contribution in [0.25, 0.3) is 11.1 Å². The van der Waals surface area contributed by atoms with Crippen molar-refractivity contribution in [3.63, 3.8) is 0 Å². The summed E-state index contributed by atoms with van der Waals surface area (Å²) in [7, 11) is 0. The van der Waals surface area contributed by atoms with Crippen LogP contribution in [0.15, 0.2) is 65.9 Å².